The average Bonchev–Trinajstić information content (AvgIpc) is 3.35. The van der Waals surface area contributed by atoms with E-state index in [4.69, 9.17) is 8.83 Å². The highest BCUT2D eigenvalue weighted by atomic mass is 32.2. The lowest BCUT2D eigenvalue weighted by molar-refractivity contribution is 0.500. The van der Waals surface area contributed by atoms with Gasteiger partial charge in [0.1, 0.15) is 11.5 Å². The Morgan fingerprint density at radius 1 is 1.17 bits per heavy atom. The van der Waals surface area contributed by atoms with Crippen LogP contribution in [0.4, 0.5) is 0 Å². The second kappa shape index (κ2) is 6.32. The summed E-state index contributed by atoms with van der Waals surface area (Å²) in [4.78, 5) is 13.2. The van der Waals surface area contributed by atoms with Crippen LogP contribution in [0.3, 0.4) is 0 Å². The number of aromatic nitrogens is 5. The number of aromatic amines is 1. The lowest BCUT2D eigenvalue weighted by Crippen LogP contribution is -1.86. The van der Waals surface area contributed by atoms with Crippen LogP contribution in [0.25, 0.3) is 23.2 Å². The molecule has 0 aliphatic rings. The number of hydrogen-bond acceptors (Lipinski definition) is 7. The minimum Gasteiger partial charge on any atom is -0.459 e. The molecule has 0 saturated carbocycles. The molecular weight excluding hydrogens is 326 g/mol. The fourth-order valence-corrected chi connectivity index (χ4v) is 2.93. The summed E-state index contributed by atoms with van der Waals surface area (Å²) in [6, 6.07) is 9.27. The van der Waals surface area contributed by atoms with Crippen molar-refractivity contribution in [2.75, 3.05) is 0 Å². The van der Waals surface area contributed by atoms with Crippen LogP contribution in [-0.4, -0.2) is 25.1 Å². The van der Waals surface area contributed by atoms with E-state index in [1.54, 1.807) is 18.5 Å². The van der Waals surface area contributed by atoms with E-state index in [0.29, 0.717) is 28.4 Å². The zero-order valence-electron chi connectivity index (χ0n) is 12.8. The van der Waals surface area contributed by atoms with Crippen molar-refractivity contribution in [3.8, 4) is 23.2 Å². The van der Waals surface area contributed by atoms with Gasteiger partial charge in [-0.05, 0) is 31.2 Å². The van der Waals surface area contributed by atoms with E-state index in [-0.39, 0.29) is 0 Å². The smallest absolute Gasteiger partial charge is 0.263 e. The van der Waals surface area contributed by atoms with Gasteiger partial charge in [-0.15, -0.1) is 5.10 Å². The summed E-state index contributed by atoms with van der Waals surface area (Å²) in [6.45, 7) is 1.88. The van der Waals surface area contributed by atoms with Crippen LogP contribution in [0.2, 0.25) is 0 Å². The molecule has 0 unspecified atom stereocenters. The van der Waals surface area contributed by atoms with Crippen LogP contribution in [0.1, 0.15) is 11.5 Å². The molecule has 0 aliphatic heterocycles. The number of nitrogens with one attached hydrogen (secondary N) is 1. The highest BCUT2D eigenvalue weighted by Gasteiger charge is 2.15. The van der Waals surface area contributed by atoms with Gasteiger partial charge in [0.05, 0.1) is 12.0 Å². The first kappa shape index (κ1) is 14.7. The number of nitrogens with zero attached hydrogens (tertiary/aromatic N) is 4. The summed E-state index contributed by atoms with van der Waals surface area (Å²) in [7, 11) is 0. The minimum absolute atomic E-state index is 0.484. The van der Waals surface area contributed by atoms with Crippen molar-refractivity contribution < 1.29 is 8.83 Å². The van der Waals surface area contributed by atoms with Gasteiger partial charge in [0.2, 0.25) is 5.16 Å². The first-order valence-electron chi connectivity index (χ1n) is 7.26. The Hall–Kier alpha value is -2.87. The number of thioether (sulfide) groups is 1. The third-order valence-corrected chi connectivity index (χ3v) is 4.19. The van der Waals surface area contributed by atoms with Crippen molar-refractivity contribution >= 4 is 11.8 Å². The molecule has 0 bridgehead atoms. The molecule has 8 heteroatoms. The molecular formula is C16H13N5O2S. The number of aryl methyl sites for hydroxylation is 1. The molecule has 4 aromatic heterocycles. The van der Waals surface area contributed by atoms with E-state index >= 15 is 0 Å². The Kier molecular flexibility index (Phi) is 3.87. The summed E-state index contributed by atoms with van der Waals surface area (Å²) in [6.07, 6.45) is 3.32. The molecule has 0 saturated heterocycles. The Balaban J connectivity index is 1.47. The molecule has 0 amide bonds. The van der Waals surface area contributed by atoms with Crippen LogP contribution < -0.4 is 0 Å². The molecule has 4 heterocycles. The van der Waals surface area contributed by atoms with Crippen LogP contribution >= 0.6 is 11.8 Å². The van der Waals surface area contributed by atoms with Crippen LogP contribution in [0.5, 0.6) is 0 Å². The molecule has 1 N–H and O–H groups in total. The number of H-pyrrole nitrogens is 1. The van der Waals surface area contributed by atoms with Crippen molar-refractivity contribution in [1.29, 1.82) is 0 Å². The Morgan fingerprint density at radius 3 is 2.92 bits per heavy atom. The fourth-order valence-electron chi connectivity index (χ4n) is 2.13. The maximum atomic E-state index is 5.65. The van der Waals surface area contributed by atoms with Gasteiger partial charge in [-0.25, -0.2) is 4.98 Å². The first-order chi connectivity index (χ1) is 11.8. The molecule has 0 radical (unpaired) electrons. The maximum Gasteiger partial charge on any atom is 0.263 e. The lowest BCUT2D eigenvalue weighted by Gasteiger charge is -1.93. The predicted molar refractivity (Wildman–Crippen MR) is 88.1 cm³/mol. The molecule has 7 nitrogen and oxygen atoms in total. The van der Waals surface area contributed by atoms with E-state index < -0.39 is 0 Å². The van der Waals surface area contributed by atoms with E-state index in [2.05, 4.69) is 25.1 Å². The molecule has 24 heavy (non-hydrogen) atoms. The number of hydrogen-bond donors (Lipinski definition) is 1. The van der Waals surface area contributed by atoms with Crippen LogP contribution in [-0.2, 0) is 5.75 Å². The molecule has 120 valence electrons. The topological polar surface area (TPSA) is 93.6 Å². The van der Waals surface area contributed by atoms with Gasteiger partial charge >= 0.3 is 0 Å². The van der Waals surface area contributed by atoms with Crippen LogP contribution in [0.15, 0.2) is 56.8 Å². The second-order valence-corrected chi connectivity index (χ2v) is 5.91. The van der Waals surface area contributed by atoms with E-state index in [1.807, 2.05) is 31.2 Å². The van der Waals surface area contributed by atoms with E-state index in [9.17, 15) is 0 Å². The Bertz CT molecular complexity index is 931. The van der Waals surface area contributed by atoms with Crippen molar-refractivity contribution in [1.82, 2.24) is 25.1 Å². The standard InChI is InChI=1S/C16H13N5O2S/c1-10-12(18-15(23-10)13-6-4-8-22-13)9-24-16-19-14(20-21-16)11-5-2-3-7-17-11/h2-8H,9H2,1H3,(H,19,20,21). The van der Waals surface area contributed by atoms with Crippen molar-refractivity contribution in [2.24, 2.45) is 0 Å². The quantitative estimate of drug-likeness (QED) is 0.554. The van der Waals surface area contributed by atoms with E-state index in [0.717, 1.165) is 17.1 Å². The van der Waals surface area contributed by atoms with Crippen molar-refractivity contribution in [3.05, 3.63) is 54.2 Å². The monoisotopic (exact) mass is 339 g/mol. The minimum atomic E-state index is 0.484. The second-order valence-electron chi connectivity index (χ2n) is 4.97. The molecule has 4 rings (SSSR count). The molecule has 4 aromatic rings. The van der Waals surface area contributed by atoms with Crippen molar-refractivity contribution in [3.63, 3.8) is 0 Å². The van der Waals surface area contributed by atoms with Gasteiger partial charge in [-0.2, -0.15) is 4.98 Å². The Morgan fingerprint density at radius 2 is 2.12 bits per heavy atom. The molecule has 0 fully saturated rings. The average molecular weight is 339 g/mol. The number of pyridine rings is 1. The normalized spacial score (nSPS) is 11.0. The molecule has 0 spiro atoms. The summed E-state index contributed by atoms with van der Waals surface area (Å²) in [5.41, 5.74) is 1.60. The van der Waals surface area contributed by atoms with E-state index in [1.165, 1.54) is 11.8 Å². The van der Waals surface area contributed by atoms with Gasteiger partial charge < -0.3 is 8.83 Å². The van der Waals surface area contributed by atoms with Gasteiger partial charge in [0.25, 0.3) is 5.89 Å². The van der Waals surface area contributed by atoms with Crippen molar-refractivity contribution in [2.45, 2.75) is 17.8 Å². The SMILES string of the molecule is Cc1oc(-c2ccco2)nc1CSc1n[nH]c(-c2ccccn2)n1. The number of furan rings is 1. The zero-order valence-corrected chi connectivity index (χ0v) is 13.6. The van der Waals surface area contributed by atoms with Gasteiger partial charge in [-0.1, -0.05) is 17.8 Å². The maximum absolute atomic E-state index is 5.65. The first-order valence-corrected chi connectivity index (χ1v) is 8.25. The largest absolute Gasteiger partial charge is 0.459 e. The number of rotatable bonds is 5. The number of oxazole rings is 1. The zero-order chi connectivity index (χ0) is 16.4. The Labute approximate surface area is 141 Å². The molecule has 0 aliphatic carbocycles. The fraction of sp³-hybridized carbons (Fsp3) is 0.125. The van der Waals surface area contributed by atoms with Crippen LogP contribution in [0, 0.1) is 6.92 Å². The molecule has 0 aromatic carbocycles. The summed E-state index contributed by atoms with van der Waals surface area (Å²) in [5.74, 6) is 3.11. The summed E-state index contributed by atoms with van der Waals surface area (Å²) < 4.78 is 10.9. The predicted octanol–water partition coefficient (Wildman–Crippen LogP) is 3.72. The summed E-state index contributed by atoms with van der Waals surface area (Å²) >= 11 is 1.48. The highest BCUT2D eigenvalue weighted by Crippen LogP contribution is 2.27. The third kappa shape index (κ3) is 2.95. The summed E-state index contributed by atoms with van der Waals surface area (Å²) in [5, 5.41) is 7.74. The van der Waals surface area contributed by atoms with Gasteiger partial charge in [-0.3, -0.25) is 10.1 Å². The van der Waals surface area contributed by atoms with Gasteiger partial charge in [0, 0.05) is 11.9 Å². The molecule has 0 atom stereocenters. The third-order valence-electron chi connectivity index (χ3n) is 3.34. The lowest BCUT2D eigenvalue weighted by atomic mass is 10.3. The highest BCUT2D eigenvalue weighted by molar-refractivity contribution is 7.98. The van der Waals surface area contributed by atoms with Gasteiger partial charge in [0.15, 0.2) is 11.6 Å².